The van der Waals surface area contributed by atoms with E-state index >= 15 is 0 Å². The number of carbonyl (C=O) groups is 3. The average molecular weight is 762 g/mol. The van der Waals surface area contributed by atoms with Crippen LogP contribution in [0.25, 0.3) is 0 Å². The lowest BCUT2D eigenvalue weighted by molar-refractivity contribution is -0.371. The lowest BCUT2D eigenvalue weighted by Gasteiger charge is -2.55. The van der Waals surface area contributed by atoms with Crippen LogP contribution in [0.4, 0.5) is 0 Å². The van der Waals surface area contributed by atoms with Crippen LogP contribution < -0.4 is 0 Å². The minimum Gasteiger partial charge on any atom is -0.459 e. The molecule has 2 aliphatic heterocycles. The molecule has 3 aromatic rings. The summed E-state index contributed by atoms with van der Waals surface area (Å²) in [5.41, 5.74) is -2.41. The first-order valence-electron chi connectivity index (χ1n) is 15.7. The molecule has 0 bridgehead atoms. The van der Waals surface area contributed by atoms with Crippen LogP contribution in [0.5, 0.6) is 0 Å². The van der Waals surface area contributed by atoms with Gasteiger partial charge in [0.15, 0.2) is 18.0 Å². The second-order valence-electron chi connectivity index (χ2n) is 11.6. The first-order chi connectivity index (χ1) is 24.1. The fourth-order valence-corrected chi connectivity index (χ4v) is 5.94. The van der Waals surface area contributed by atoms with E-state index in [1.165, 1.54) is 36.4 Å². The number of alkyl halides is 1. The summed E-state index contributed by atoms with van der Waals surface area (Å²) in [6.07, 6.45) is -16.8. The SMILES string of the molecule is O=C(OC[C@H]1O[C@@H]([C@]2(O)[C@H](O)[C@@H](OC(=O)c3ccccc3)[C@H](OCCBr)O[C@@H]2COC(=O)c2ccccc2)[C@H](O)[C@@H](O)[C@H]1O)c1ccccc1. The molecule has 5 N–H and O–H groups in total. The molecule has 0 spiro atoms. The van der Waals surface area contributed by atoms with Crippen LogP contribution in [0.1, 0.15) is 31.1 Å². The summed E-state index contributed by atoms with van der Waals surface area (Å²) < 4.78 is 34.1. The predicted molar refractivity (Wildman–Crippen MR) is 175 cm³/mol. The van der Waals surface area contributed by atoms with E-state index in [-0.39, 0.29) is 28.6 Å². The fourth-order valence-electron chi connectivity index (χ4n) is 5.75. The van der Waals surface area contributed by atoms with Crippen molar-refractivity contribution in [2.24, 2.45) is 0 Å². The van der Waals surface area contributed by atoms with E-state index in [0.29, 0.717) is 0 Å². The summed E-state index contributed by atoms with van der Waals surface area (Å²) in [4.78, 5) is 38.8. The van der Waals surface area contributed by atoms with Gasteiger partial charge in [-0.1, -0.05) is 70.5 Å². The molecule has 0 saturated carbocycles. The normalized spacial score (nSPS) is 31.0. The zero-order valence-corrected chi connectivity index (χ0v) is 28.1. The smallest absolute Gasteiger partial charge is 0.338 e. The summed E-state index contributed by atoms with van der Waals surface area (Å²) in [6.45, 7) is -1.43. The molecular formula is C35H37BrO14. The Balaban J connectivity index is 1.47. The van der Waals surface area contributed by atoms with Gasteiger partial charge in [0.1, 0.15) is 55.9 Å². The van der Waals surface area contributed by atoms with E-state index in [2.05, 4.69) is 15.9 Å². The number of rotatable bonds is 12. The van der Waals surface area contributed by atoms with Crippen molar-refractivity contribution in [3.63, 3.8) is 0 Å². The molecule has 0 aliphatic carbocycles. The van der Waals surface area contributed by atoms with Gasteiger partial charge >= 0.3 is 17.9 Å². The third kappa shape index (κ3) is 8.23. The third-order valence-electron chi connectivity index (χ3n) is 8.41. The largest absolute Gasteiger partial charge is 0.459 e. The molecule has 0 unspecified atom stereocenters. The van der Waals surface area contributed by atoms with Gasteiger partial charge in [-0.05, 0) is 36.4 Å². The highest BCUT2D eigenvalue weighted by molar-refractivity contribution is 9.09. The minimum atomic E-state index is -2.84. The maximum Gasteiger partial charge on any atom is 0.338 e. The van der Waals surface area contributed by atoms with Crippen molar-refractivity contribution in [1.82, 2.24) is 0 Å². The lowest BCUT2D eigenvalue weighted by Crippen LogP contribution is -2.77. The number of halogens is 1. The Morgan fingerprint density at radius 1 is 0.680 bits per heavy atom. The van der Waals surface area contributed by atoms with Crippen molar-refractivity contribution >= 4 is 33.8 Å². The lowest BCUT2D eigenvalue weighted by atomic mass is 9.74. The third-order valence-corrected chi connectivity index (χ3v) is 8.73. The highest BCUT2D eigenvalue weighted by Crippen LogP contribution is 2.41. The minimum absolute atomic E-state index is 0.0198. The monoisotopic (exact) mass is 760 g/mol. The molecule has 0 radical (unpaired) electrons. The maximum atomic E-state index is 13.2. The highest BCUT2D eigenvalue weighted by Gasteiger charge is 2.65. The molecule has 3 aromatic carbocycles. The number of aliphatic hydroxyl groups is 5. The van der Waals surface area contributed by atoms with E-state index in [1.807, 2.05) is 0 Å². The van der Waals surface area contributed by atoms with Crippen LogP contribution in [0, 0.1) is 0 Å². The van der Waals surface area contributed by atoms with Gasteiger partial charge in [0.05, 0.1) is 23.3 Å². The van der Waals surface area contributed by atoms with Crippen molar-refractivity contribution in [1.29, 1.82) is 0 Å². The Hall–Kier alpha value is -3.77. The average Bonchev–Trinajstić information content (AvgIpc) is 3.15. The van der Waals surface area contributed by atoms with Crippen molar-refractivity contribution in [3.05, 3.63) is 108 Å². The zero-order valence-electron chi connectivity index (χ0n) is 26.5. The summed E-state index contributed by atoms with van der Waals surface area (Å²) in [7, 11) is 0. The number of hydrogen-bond acceptors (Lipinski definition) is 14. The van der Waals surface area contributed by atoms with Gasteiger partial charge in [-0.2, -0.15) is 0 Å². The molecule has 14 nitrogen and oxygen atoms in total. The standard InChI is InChI=1S/C35H37BrO14/c36-16-17-45-34-28(50-33(43)22-14-8-3-9-15-22)29(40)35(44,24(49-34)19-47-32(42)21-12-6-2-7-13-21)30-27(39)26(38)25(37)23(48-30)18-46-31(41)20-10-4-1-5-11-20/h1-15,23-30,34,37-40,44H,16-19H2/t23-,24-,25+,26+,27-,28-,29-,30-,34-,35-/m1/s1. The molecule has 5 rings (SSSR count). The van der Waals surface area contributed by atoms with Gasteiger partial charge in [0, 0.05) is 5.33 Å². The van der Waals surface area contributed by atoms with Gasteiger partial charge in [-0.3, -0.25) is 0 Å². The number of hydrogen-bond donors (Lipinski definition) is 5. The summed E-state index contributed by atoms with van der Waals surface area (Å²) in [5, 5.41) is 57.6. The van der Waals surface area contributed by atoms with E-state index in [0.717, 1.165) is 0 Å². The molecule has 268 valence electrons. The molecule has 2 heterocycles. The molecule has 2 aliphatic rings. The summed E-state index contributed by atoms with van der Waals surface area (Å²) in [5.74, 6) is -2.54. The van der Waals surface area contributed by atoms with Crippen molar-refractivity contribution in [3.8, 4) is 0 Å². The maximum absolute atomic E-state index is 13.2. The van der Waals surface area contributed by atoms with Crippen LogP contribution >= 0.6 is 15.9 Å². The van der Waals surface area contributed by atoms with Gasteiger partial charge in [-0.15, -0.1) is 0 Å². The van der Waals surface area contributed by atoms with Gasteiger partial charge < -0.3 is 54.0 Å². The van der Waals surface area contributed by atoms with Crippen molar-refractivity contribution < 1.29 is 68.3 Å². The Kier molecular flexibility index (Phi) is 12.7. The van der Waals surface area contributed by atoms with Crippen LogP contribution in [-0.4, -0.2) is 129 Å². The quantitative estimate of drug-likeness (QED) is 0.0993. The van der Waals surface area contributed by atoms with Crippen LogP contribution in [0.15, 0.2) is 91.0 Å². The Morgan fingerprint density at radius 2 is 1.18 bits per heavy atom. The van der Waals surface area contributed by atoms with Crippen LogP contribution in [-0.2, 0) is 28.4 Å². The fraction of sp³-hybridized carbons (Fsp3) is 0.400. The molecule has 10 atom stereocenters. The molecule has 0 amide bonds. The second-order valence-corrected chi connectivity index (χ2v) is 12.4. The summed E-state index contributed by atoms with van der Waals surface area (Å²) in [6, 6.07) is 23.5. The predicted octanol–water partition coefficient (Wildman–Crippen LogP) is 1.00. The van der Waals surface area contributed by atoms with Gasteiger partial charge in [-0.25, -0.2) is 14.4 Å². The number of aliphatic hydroxyl groups excluding tert-OH is 4. The second kappa shape index (κ2) is 17.0. The Labute approximate surface area is 295 Å². The van der Waals surface area contributed by atoms with Crippen LogP contribution in [0.3, 0.4) is 0 Å². The number of ether oxygens (including phenoxy) is 6. The number of esters is 3. The first kappa shape index (κ1) is 37.5. The van der Waals surface area contributed by atoms with Crippen molar-refractivity contribution in [2.45, 2.75) is 60.7 Å². The molecule has 15 heteroatoms. The zero-order chi connectivity index (χ0) is 35.8. The van der Waals surface area contributed by atoms with E-state index < -0.39 is 91.8 Å². The molecule has 2 fully saturated rings. The number of benzene rings is 3. The molecular weight excluding hydrogens is 724 g/mol. The van der Waals surface area contributed by atoms with E-state index in [4.69, 9.17) is 28.4 Å². The van der Waals surface area contributed by atoms with Crippen molar-refractivity contribution in [2.75, 3.05) is 25.2 Å². The van der Waals surface area contributed by atoms with Gasteiger partial charge in [0.25, 0.3) is 0 Å². The van der Waals surface area contributed by atoms with E-state index in [1.54, 1.807) is 54.6 Å². The topological polar surface area (TPSA) is 208 Å². The number of carbonyl (C=O) groups excluding carboxylic acids is 3. The van der Waals surface area contributed by atoms with Gasteiger partial charge in [0.2, 0.25) is 0 Å². The Bertz CT molecular complexity index is 1560. The summed E-state index contributed by atoms with van der Waals surface area (Å²) >= 11 is 3.23. The van der Waals surface area contributed by atoms with Crippen LogP contribution in [0.2, 0.25) is 0 Å². The Morgan fingerprint density at radius 3 is 1.70 bits per heavy atom. The molecule has 2 saturated heterocycles. The molecule has 0 aromatic heterocycles. The first-order valence-corrected chi connectivity index (χ1v) is 16.8. The highest BCUT2D eigenvalue weighted by atomic mass is 79.9. The van der Waals surface area contributed by atoms with E-state index in [9.17, 15) is 39.9 Å². The molecule has 50 heavy (non-hydrogen) atoms.